The molecule has 2 aromatic rings. The molecule has 198 valence electrons. The van der Waals surface area contributed by atoms with Crippen LogP contribution in [0, 0.1) is 0 Å². The monoisotopic (exact) mass is 514 g/mol. The number of carboxylic acids is 2. The van der Waals surface area contributed by atoms with E-state index >= 15 is 0 Å². The van der Waals surface area contributed by atoms with Gasteiger partial charge in [0.05, 0.1) is 12.5 Å². The molecule has 0 radical (unpaired) electrons. The molecule has 3 amide bonds. The molecule has 12 heteroatoms. The Morgan fingerprint density at radius 3 is 1.86 bits per heavy atom. The Morgan fingerprint density at radius 1 is 0.757 bits per heavy atom. The maximum absolute atomic E-state index is 13.1. The molecule has 2 rings (SSSR count). The topological polar surface area (TPSA) is 208 Å². The van der Waals surface area contributed by atoms with Crippen molar-refractivity contribution >= 4 is 29.7 Å². The molecule has 37 heavy (non-hydrogen) atoms. The molecule has 8 N–H and O–H groups in total. The Morgan fingerprint density at radius 2 is 1.30 bits per heavy atom. The Bertz CT molecular complexity index is 1110. The van der Waals surface area contributed by atoms with Crippen molar-refractivity contribution < 1.29 is 39.3 Å². The maximum Gasteiger partial charge on any atom is 0.325 e. The number of phenols is 1. The van der Waals surface area contributed by atoms with Crippen molar-refractivity contribution in [1.29, 1.82) is 0 Å². The van der Waals surface area contributed by atoms with Crippen molar-refractivity contribution in [2.24, 2.45) is 5.73 Å². The molecule has 4 unspecified atom stereocenters. The third kappa shape index (κ3) is 9.61. The van der Waals surface area contributed by atoms with Gasteiger partial charge >= 0.3 is 11.9 Å². The molecule has 12 nitrogen and oxygen atoms in total. The number of carbonyl (C=O) groups excluding carboxylic acids is 3. The summed E-state index contributed by atoms with van der Waals surface area (Å²) in [7, 11) is 0. The number of phenolic OH excluding ortho intramolecular Hbond substituents is 1. The first-order valence-electron chi connectivity index (χ1n) is 11.4. The summed E-state index contributed by atoms with van der Waals surface area (Å²) in [6.45, 7) is 1.18. The minimum atomic E-state index is -1.61. The van der Waals surface area contributed by atoms with Gasteiger partial charge in [0.25, 0.3) is 0 Å². The van der Waals surface area contributed by atoms with Gasteiger partial charge in [0.1, 0.15) is 23.9 Å². The smallest absolute Gasteiger partial charge is 0.325 e. The number of rotatable bonds is 13. The Labute approximate surface area is 212 Å². The van der Waals surface area contributed by atoms with Crippen molar-refractivity contribution in [2.75, 3.05) is 0 Å². The summed E-state index contributed by atoms with van der Waals surface area (Å²) in [6, 6.07) is 9.61. The third-order valence-corrected chi connectivity index (χ3v) is 5.39. The number of benzene rings is 2. The molecular formula is C25H30N4O8. The van der Waals surface area contributed by atoms with Crippen LogP contribution in [0.2, 0.25) is 0 Å². The number of nitrogens with two attached hydrogens (primary N) is 1. The molecule has 0 fully saturated rings. The first kappa shape index (κ1) is 28.8. The highest BCUT2D eigenvalue weighted by atomic mass is 16.4. The van der Waals surface area contributed by atoms with Crippen molar-refractivity contribution in [3.05, 3.63) is 65.7 Å². The van der Waals surface area contributed by atoms with Gasteiger partial charge in [-0.05, 0) is 36.6 Å². The van der Waals surface area contributed by atoms with E-state index in [0.29, 0.717) is 5.56 Å². The van der Waals surface area contributed by atoms with E-state index in [-0.39, 0.29) is 18.6 Å². The fourth-order valence-corrected chi connectivity index (χ4v) is 3.35. The summed E-state index contributed by atoms with van der Waals surface area (Å²) in [5, 5.41) is 34.7. The quantitative estimate of drug-likeness (QED) is 0.184. The Balaban J connectivity index is 2.21. The summed E-state index contributed by atoms with van der Waals surface area (Å²) >= 11 is 0. The SMILES string of the molecule is CC(NC(=O)C(CC(=O)O)NC(=O)C(Cc1ccc(O)cc1)NC(=O)C(N)Cc1ccccc1)C(=O)O. The van der Waals surface area contributed by atoms with Crippen LogP contribution in [0.15, 0.2) is 54.6 Å². The van der Waals surface area contributed by atoms with Gasteiger partial charge in [-0.1, -0.05) is 42.5 Å². The summed E-state index contributed by atoms with van der Waals surface area (Å²) in [5.74, 6) is -5.31. The summed E-state index contributed by atoms with van der Waals surface area (Å²) < 4.78 is 0. The lowest BCUT2D eigenvalue weighted by Crippen LogP contribution is -2.58. The Hall–Kier alpha value is -4.45. The zero-order valence-electron chi connectivity index (χ0n) is 20.1. The van der Waals surface area contributed by atoms with Gasteiger partial charge in [0.15, 0.2) is 0 Å². The van der Waals surface area contributed by atoms with Crippen LogP contribution in [0.25, 0.3) is 0 Å². The maximum atomic E-state index is 13.1. The van der Waals surface area contributed by atoms with E-state index in [4.69, 9.17) is 10.8 Å². The molecule has 0 aromatic heterocycles. The van der Waals surface area contributed by atoms with Crippen LogP contribution in [0.5, 0.6) is 5.75 Å². The molecular weight excluding hydrogens is 484 g/mol. The first-order valence-corrected chi connectivity index (χ1v) is 11.4. The summed E-state index contributed by atoms with van der Waals surface area (Å²) in [5.41, 5.74) is 7.39. The van der Waals surface area contributed by atoms with Gasteiger partial charge < -0.3 is 37.0 Å². The van der Waals surface area contributed by atoms with Gasteiger partial charge in [0, 0.05) is 6.42 Å². The lowest BCUT2D eigenvalue weighted by Gasteiger charge is -2.24. The molecule has 0 saturated heterocycles. The van der Waals surface area contributed by atoms with E-state index in [9.17, 15) is 34.2 Å². The third-order valence-electron chi connectivity index (χ3n) is 5.39. The lowest BCUT2D eigenvalue weighted by molar-refractivity contribution is -0.143. The van der Waals surface area contributed by atoms with Gasteiger partial charge in [-0.3, -0.25) is 24.0 Å². The fraction of sp³-hybridized carbons (Fsp3) is 0.320. The van der Waals surface area contributed by atoms with Crippen molar-refractivity contribution in [2.45, 2.75) is 50.4 Å². The van der Waals surface area contributed by atoms with Gasteiger partial charge in [0.2, 0.25) is 17.7 Å². The molecule has 2 aromatic carbocycles. The van der Waals surface area contributed by atoms with E-state index in [0.717, 1.165) is 5.56 Å². The highest BCUT2D eigenvalue weighted by Crippen LogP contribution is 2.12. The van der Waals surface area contributed by atoms with E-state index in [1.54, 1.807) is 24.3 Å². The zero-order valence-corrected chi connectivity index (χ0v) is 20.1. The number of amides is 3. The minimum Gasteiger partial charge on any atom is -0.508 e. The highest BCUT2D eigenvalue weighted by Gasteiger charge is 2.31. The largest absolute Gasteiger partial charge is 0.508 e. The average Bonchev–Trinajstić information content (AvgIpc) is 2.84. The number of nitrogens with one attached hydrogen (secondary N) is 3. The van der Waals surface area contributed by atoms with Gasteiger partial charge in [-0.2, -0.15) is 0 Å². The van der Waals surface area contributed by atoms with Crippen molar-refractivity contribution in [1.82, 2.24) is 16.0 Å². The number of hydrogen-bond acceptors (Lipinski definition) is 7. The molecule has 4 atom stereocenters. The molecule has 0 aliphatic rings. The van der Waals surface area contributed by atoms with Crippen LogP contribution in [0.3, 0.4) is 0 Å². The van der Waals surface area contributed by atoms with Crippen LogP contribution in [0.1, 0.15) is 24.5 Å². The average molecular weight is 515 g/mol. The van der Waals surface area contributed by atoms with Crippen LogP contribution in [-0.4, -0.2) is 69.1 Å². The standard InChI is InChI=1S/C25H30N4O8/c1-14(25(36)37)27-23(34)20(13-21(31)32)29-24(35)19(12-16-7-9-17(30)10-8-16)28-22(33)18(26)11-15-5-3-2-4-6-15/h2-10,14,18-20,30H,11-13,26H2,1H3,(H,27,34)(H,28,33)(H,29,35)(H,31,32)(H,36,37). The minimum absolute atomic E-state index is 0.00980. The summed E-state index contributed by atoms with van der Waals surface area (Å²) in [6.07, 6.45) is -0.697. The van der Waals surface area contributed by atoms with E-state index in [1.807, 2.05) is 6.07 Å². The van der Waals surface area contributed by atoms with Crippen molar-refractivity contribution in [3.63, 3.8) is 0 Å². The Kier molecular flexibility index (Phi) is 10.6. The van der Waals surface area contributed by atoms with Crippen LogP contribution < -0.4 is 21.7 Å². The molecule has 0 spiro atoms. The molecule has 0 aliphatic carbocycles. The van der Waals surface area contributed by atoms with E-state index in [2.05, 4.69) is 16.0 Å². The second-order valence-corrected chi connectivity index (χ2v) is 8.46. The van der Waals surface area contributed by atoms with Crippen LogP contribution in [-0.2, 0) is 36.8 Å². The number of aliphatic carboxylic acids is 2. The first-order chi connectivity index (χ1) is 17.5. The van der Waals surface area contributed by atoms with E-state index in [1.165, 1.54) is 31.2 Å². The van der Waals surface area contributed by atoms with Crippen LogP contribution in [0.4, 0.5) is 0 Å². The second kappa shape index (κ2) is 13.6. The number of aromatic hydroxyl groups is 1. The van der Waals surface area contributed by atoms with Crippen LogP contribution >= 0.6 is 0 Å². The van der Waals surface area contributed by atoms with Gasteiger partial charge in [-0.15, -0.1) is 0 Å². The highest BCUT2D eigenvalue weighted by molar-refractivity contribution is 5.95. The van der Waals surface area contributed by atoms with Crippen molar-refractivity contribution in [3.8, 4) is 5.75 Å². The predicted octanol–water partition coefficient (Wildman–Crippen LogP) is -0.462. The zero-order chi connectivity index (χ0) is 27.5. The number of carbonyl (C=O) groups is 5. The molecule has 0 heterocycles. The normalized spacial score (nSPS) is 13.9. The lowest BCUT2D eigenvalue weighted by atomic mass is 10.0. The fourth-order valence-electron chi connectivity index (χ4n) is 3.35. The molecule has 0 aliphatic heterocycles. The molecule has 0 bridgehead atoms. The number of carboxylic acid groups (broad SMARTS) is 2. The van der Waals surface area contributed by atoms with Gasteiger partial charge in [-0.25, -0.2) is 0 Å². The number of hydrogen-bond donors (Lipinski definition) is 7. The van der Waals surface area contributed by atoms with E-state index < -0.39 is 60.2 Å². The second-order valence-electron chi connectivity index (χ2n) is 8.46. The summed E-state index contributed by atoms with van der Waals surface area (Å²) in [4.78, 5) is 60.8. The predicted molar refractivity (Wildman–Crippen MR) is 131 cm³/mol. The molecule has 0 saturated carbocycles.